The van der Waals surface area contributed by atoms with Gasteiger partial charge in [-0.2, -0.15) is 5.10 Å². The molecule has 0 aliphatic heterocycles. The first-order chi connectivity index (χ1) is 18.7. The third-order valence-corrected chi connectivity index (χ3v) is 7.07. The number of nitrogens with zero attached hydrogens (tertiary/aromatic N) is 5. The van der Waals surface area contributed by atoms with Gasteiger partial charge in [0.25, 0.3) is 0 Å². The predicted octanol–water partition coefficient (Wildman–Crippen LogP) is 6.48. The quantitative estimate of drug-likeness (QED) is 0.278. The Morgan fingerprint density at radius 2 is 1.76 bits per heavy atom. The molecule has 1 saturated carbocycles. The van der Waals surface area contributed by atoms with Crippen molar-refractivity contribution >= 4 is 22.1 Å². The van der Waals surface area contributed by atoms with Crippen LogP contribution in [0.5, 0.6) is 5.75 Å². The number of H-pyrrole nitrogens is 2. The van der Waals surface area contributed by atoms with E-state index < -0.39 is 0 Å². The van der Waals surface area contributed by atoms with Crippen LogP contribution in [0.3, 0.4) is 0 Å². The normalized spacial score (nSPS) is 14.3. The number of aromatic amines is 2. The summed E-state index contributed by atoms with van der Waals surface area (Å²) < 4.78 is 20.8. The Balaban J connectivity index is 1.26. The molecule has 7 rings (SSSR count). The number of aromatic nitrogens is 7. The van der Waals surface area contributed by atoms with E-state index in [9.17, 15) is 4.39 Å². The van der Waals surface area contributed by atoms with Crippen molar-refractivity contribution in [2.24, 2.45) is 0 Å². The van der Waals surface area contributed by atoms with Crippen molar-refractivity contribution in [3.8, 4) is 39.7 Å². The van der Waals surface area contributed by atoms with Crippen LogP contribution in [0.4, 0.5) is 4.39 Å². The molecule has 0 spiro atoms. The van der Waals surface area contributed by atoms with Gasteiger partial charge in [0, 0.05) is 35.3 Å². The largest absolute Gasteiger partial charge is 0.489 e. The molecular weight excluding hydrogens is 481 g/mol. The summed E-state index contributed by atoms with van der Waals surface area (Å²) in [4.78, 5) is 21.5. The smallest absolute Gasteiger partial charge is 0.159 e. The summed E-state index contributed by atoms with van der Waals surface area (Å²) in [5.41, 5.74) is 5.25. The zero-order valence-corrected chi connectivity index (χ0v) is 20.5. The summed E-state index contributed by atoms with van der Waals surface area (Å²) in [6.07, 6.45) is 13.1. The number of hydrogen-bond donors (Lipinski definition) is 2. The lowest BCUT2D eigenvalue weighted by molar-refractivity contribution is 0.154. The van der Waals surface area contributed by atoms with Gasteiger partial charge in [0.15, 0.2) is 11.5 Å². The standard InChI is InChI=1S/C29H24FN7O/c30-23-9-5-4-8-21(23)25-27-24(10-11-32-25)34-29(35-27)26-22-13-18(15-33-28(22)37-36-26)17-12-20(16-31-14-17)38-19-6-2-1-3-7-19/h4-5,8-16,19H,1-3,6-7H2,(H,34,35)(H,33,36,37). The summed E-state index contributed by atoms with van der Waals surface area (Å²) >= 11 is 0. The minimum absolute atomic E-state index is 0.249. The van der Waals surface area contributed by atoms with Crippen molar-refractivity contribution in [1.82, 2.24) is 35.1 Å². The molecule has 1 aliphatic carbocycles. The van der Waals surface area contributed by atoms with Gasteiger partial charge >= 0.3 is 0 Å². The van der Waals surface area contributed by atoms with E-state index in [1.54, 1.807) is 36.8 Å². The summed E-state index contributed by atoms with van der Waals surface area (Å²) in [5.74, 6) is 0.968. The predicted molar refractivity (Wildman–Crippen MR) is 143 cm³/mol. The lowest BCUT2D eigenvalue weighted by atomic mass is 9.98. The Morgan fingerprint density at radius 1 is 0.895 bits per heavy atom. The molecule has 9 heteroatoms. The van der Waals surface area contributed by atoms with Gasteiger partial charge in [-0.1, -0.05) is 18.6 Å². The average Bonchev–Trinajstić information content (AvgIpc) is 3.58. The zero-order valence-electron chi connectivity index (χ0n) is 20.5. The minimum atomic E-state index is -0.348. The van der Waals surface area contributed by atoms with Gasteiger partial charge in [-0.3, -0.25) is 15.1 Å². The fourth-order valence-corrected chi connectivity index (χ4v) is 5.16. The van der Waals surface area contributed by atoms with Crippen LogP contribution in [-0.2, 0) is 0 Å². The second kappa shape index (κ2) is 9.33. The van der Waals surface area contributed by atoms with E-state index in [2.05, 4.69) is 30.1 Å². The van der Waals surface area contributed by atoms with Gasteiger partial charge < -0.3 is 9.72 Å². The van der Waals surface area contributed by atoms with Crippen molar-refractivity contribution in [1.29, 1.82) is 0 Å². The lowest BCUT2D eigenvalue weighted by Gasteiger charge is -2.23. The molecule has 0 radical (unpaired) electrons. The molecule has 1 aromatic carbocycles. The molecule has 0 unspecified atom stereocenters. The van der Waals surface area contributed by atoms with Crippen LogP contribution in [0.25, 0.3) is 56.0 Å². The molecular formula is C29H24FN7O. The number of fused-ring (bicyclic) bond motifs is 2. The highest BCUT2D eigenvalue weighted by Crippen LogP contribution is 2.33. The zero-order chi connectivity index (χ0) is 25.5. The van der Waals surface area contributed by atoms with E-state index in [0.717, 1.165) is 40.6 Å². The molecule has 5 aromatic heterocycles. The monoisotopic (exact) mass is 505 g/mol. The Morgan fingerprint density at radius 3 is 2.66 bits per heavy atom. The maximum absolute atomic E-state index is 14.5. The molecule has 0 saturated heterocycles. The summed E-state index contributed by atoms with van der Waals surface area (Å²) in [5, 5.41) is 8.29. The van der Waals surface area contributed by atoms with E-state index in [1.807, 2.05) is 24.4 Å². The maximum atomic E-state index is 14.5. The second-order valence-corrected chi connectivity index (χ2v) is 9.60. The van der Waals surface area contributed by atoms with Crippen molar-refractivity contribution in [2.75, 3.05) is 0 Å². The number of benzene rings is 1. The lowest BCUT2D eigenvalue weighted by Crippen LogP contribution is -2.19. The highest BCUT2D eigenvalue weighted by Gasteiger charge is 2.19. The minimum Gasteiger partial charge on any atom is -0.489 e. The first kappa shape index (κ1) is 22.5. The maximum Gasteiger partial charge on any atom is 0.159 e. The molecule has 1 aliphatic rings. The number of nitrogens with one attached hydrogen (secondary N) is 2. The van der Waals surface area contributed by atoms with Gasteiger partial charge in [0.1, 0.15) is 28.5 Å². The molecule has 188 valence electrons. The Bertz CT molecular complexity index is 1770. The van der Waals surface area contributed by atoms with Crippen LogP contribution in [-0.4, -0.2) is 41.2 Å². The molecule has 38 heavy (non-hydrogen) atoms. The van der Waals surface area contributed by atoms with Gasteiger partial charge in [-0.05, 0) is 56.0 Å². The molecule has 8 nitrogen and oxygen atoms in total. The van der Waals surface area contributed by atoms with Crippen LogP contribution in [0.2, 0.25) is 0 Å². The molecule has 1 fully saturated rings. The number of halogens is 1. The van der Waals surface area contributed by atoms with E-state index in [1.165, 1.54) is 25.3 Å². The van der Waals surface area contributed by atoms with Gasteiger partial charge in [-0.15, -0.1) is 0 Å². The van der Waals surface area contributed by atoms with E-state index >= 15 is 0 Å². The Labute approximate surface area is 217 Å². The Hall–Kier alpha value is -4.66. The highest BCUT2D eigenvalue weighted by molar-refractivity contribution is 5.96. The molecule has 5 heterocycles. The van der Waals surface area contributed by atoms with Gasteiger partial charge in [-0.25, -0.2) is 14.4 Å². The first-order valence-corrected chi connectivity index (χ1v) is 12.8. The average molecular weight is 506 g/mol. The van der Waals surface area contributed by atoms with Crippen LogP contribution in [0.1, 0.15) is 32.1 Å². The van der Waals surface area contributed by atoms with E-state index in [4.69, 9.17) is 9.72 Å². The van der Waals surface area contributed by atoms with Crippen LogP contribution in [0, 0.1) is 5.82 Å². The summed E-state index contributed by atoms with van der Waals surface area (Å²) in [6, 6.07) is 12.4. The first-order valence-electron chi connectivity index (χ1n) is 12.8. The number of ether oxygens (including phenoxy) is 1. The molecule has 2 N–H and O–H groups in total. The fraction of sp³-hybridized carbons (Fsp3) is 0.207. The SMILES string of the molecule is Fc1ccccc1-c1nccc2[nH]c(-c3n[nH]c4ncc(-c5cncc(OC6CCCCC6)c5)cc34)nc12. The number of imidazole rings is 1. The molecule has 6 aromatic rings. The van der Waals surface area contributed by atoms with Crippen molar-refractivity contribution in [3.63, 3.8) is 0 Å². The number of pyridine rings is 3. The fourth-order valence-electron chi connectivity index (χ4n) is 5.16. The topological polar surface area (TPSA) is 105 Å². The van der Waals surface area contributed by atoms with E-state index in [0.29, 0.717) is 33.9 Å². The van der Waals surface area contributed by atoms with Crippen LogP contribution < -0.4 is 4.74 Å². The second-order valence-electron chi connectivity index (χ2n) is 9.60. The van der Waals surface area contributed by atoms with Crippen molar-refractivity contribution in [3.05, 3.63) is 73.1 Å². The third-order valence-electron chi connectivity index (χ3n) is 7.07. The highest BCUT2D eigenvalue weighted by atomic mass is 19.1. The van der Waals surface area contributed by atoms with E-state index in [-0.39, 0.29) is 11.9 Å². The van der Waals surface area contributed by atoms with Gasteiger partial charge in [0.05, 0.1) is 23.2 Å². The summed E-state index contributed by atoms with van der Waals surface area (Å²) in [7, 11) is 0. The van der Waals surface area contributed by atoms with Gasteiger partial charge in [0.2, 0.25) is 0 Å². The van der Waals surface area contributed by atoms with Crippen LogP contribution in [0.15, 0.2) is 67.3 Å². The molecule has 0 atom stereocenters. The Kier molecular flexibility index (Phi) is 5.53. The number of rotatable bonds is 5. The van der Waals surface area contributed by atoms with Crippen molar-refractivity contribution < 1.29 is 9.13 Å². The third kappa shape index (κ3) is 4.06. The van der Waals surface area contributed by atoms with Crippen molar-refractivity contribution in [2.45, 2.75) is 38.2 Å². The molecule has 0 bridgehead atoms. The van der Waals surface area contributed by atoms with Crippen LogP contribution >= 0.6 is 0 Å². The molecule has 0 amide bonds. The number of hydrogen-bond acceptors (Lipinski definition) is 6. The summed E-state index contributed by atoms with van der Waals surface area (Å²) in [6.45, 7) is 0.